The number of carbonyl (C=O) groups excluding carboxylic acids is 2. The van der Waals surface area contributed by atoms with Crippen molar-refractivity contribution in [2.45, 2.75) is 18.9 Å². The second-order valence-electron chi connectivity index (χ2n) is 4.29. The standard InChI is InChI=1S/C14H15FN2O4/c15-10-4-1-9(2-5-10)3-8-13(19)17-11(14(20)21)6-7-12(16)18/h1-5,8,11H,6-7H2,(H2,16,18)(H,17,19)(H,20,21)/b8-3+/t11-/m0/s1. The van der Waals surface area contributed by atoms with Gasteiger partial charge in [-0.05, 0) is 30.2 Å². The van der Waals surface area contributed by atoms with E-state index in [0.29, 0.717) is 5.56 Å². The molecule has 4 N–H and O–H groups in total. The number of hydrogen-bond acceptors (Lipinski definition) is 3. The number of aliphatic carboxylic acids is 1. The zero-order valence-electron chi connectivity index (χ0n) is 11.1. The van der Waals surface area contributed by atoms with Crippen molar-refractivity contribution in [1.82, 2.24) is 5.32 Å². The smallest absolute Gasteiger partial charge is 0.326 e. The van der Waals surface area contributed by atoms with Crippen LogP contribution in [-0.4, -0.2) is 28.9 Å². The van der Waals surface area contributed by atoms with Crippen LogP contribution in [0.15, 0.2) is 30.3 Å². The molecule has 0 saturated carbocycles. The molecular formula is C14H15FN2O4. The molecule has 0 fully saturated rings. The molecular weight excluding hydrogens is 279 g/mol. The van der Waals surface area contributed by atoms with E-state index in [9.17, 15) is 18.8 Å². The van der Waals surface area contributed by atoms with Crippen LogP contribution in [0.1, 0.15) is 18.4 Å². The topological polar surface area (TPSA) is 109 Å². The van der Waals surface area contributed by atoms with E-state index in [1.165, 1.54) is 30.3 Å². The molecule has 0 spiro atoms. The van der Waals surface area contributed by atoms with E-state index < -0.39 is 29.6 Å². The first-order valence-electron chi connectivity index (χ1n) is 6.13. The molecule has 0 aliphatic carbocycles. The minimum absolute atomic E-state index is 0.0825. The lowest BCUT2D eigenvalue weighted by Gasteiger charge is -2.11. The van der Waals surface area contributed by atoms with E-state index in [1.54, 1.807) is 0 Å². The second kappa shape index (κ2) is 7.78. The van der Waals surface area contributed by atoms with Gasteiger partial charge in [-0.2, -0.15) is 0 Å². The number of rotatable bonds is 7. The van der Waals surface area contributed by atoms with Crippen molar-refractivity contribution in [3.8, 4) is 0 Å². The van der Waals surface area contributed by atoms with Gasteiger partial charge in [0.15, 0.2) is 0 Å². The Labute approximate surface area is 120 Å². The van der Waals surface area contributed by atoms with Crippen LogP contribution >= 0.6 is 0 Å². The Hall–Kier alpha value is -2.70. The average Bonchev–Trinajstić information content (AvgIpc) is 2.42. The highest BCUT2D eigenvalue weighted by atomic mass is 19.1. The minimum atomic E-state index is -1.25. The number of carbonyl (C=O) groups is 3. The summed E-state index contributed by atoms with van der Waals surface area (Å²) in [5.74, 6) is -2.91. The maximum Gasteiger partial charge on any atom is 0.326 e. The van der Waals surface area contributed by atoms with Gasteiger partial charge in [-0.25, -0.2) is 9.18 Å². The summed E-state index contributed by atoms with van der Waals surface area (Å²) < 4.78 is 12.7. The number of carboxylic acid groups (broad SMARTS) is 1. The molecule has 1 aromatic rings. The van der Waals surface area contributed by atoms with Crippen LogP contribution in [0.25, 0.3) is 6.08 Å². The van der Waals surface area contributed by atoms with Gasteiger partial charge in [-0.15, -0.1) is 0 Å². The minimum Gasteiger partial charge on any atom is -0.480 e. The van der Waals surface area contributed by atoms with Crippen LogP contribution in [0.5, 0.6) is 0 Å². The normalized spacial score (nSPS) is 12.0. The quantitative estimate of drug-likeness (QED) is 0.642. The molecule has 1 aromatic carbocycles. The molecule has 2 amide bonds. The molecule has 0 radical (unpaired) electrons. The van der Waals surface area contributed by atoms with Crippen molar-refractivity contribution in [3.63, 3.8) is 0 Å². The first-order chi connectivity index (χ1) is 9.88. The summed E-state index contributed by atoms with van der Waals surface area (Å²) in [5, 5.41) is 11.2. The van der Waals surface area contributed by atoms with Crippen LogP contribution in [-0.2, 0) is 14.4 Å². The Morgan fingerprint density at radius 1 is 1.29 bits per heavy atom. The highest BCUT2D eigenvalue weighted by Crippen LogP contribution is 2.04. The second-order valence-corrected chi connectivity index (χ2v) is 4.29. The number of amides is 2. The van der Waals surface area contributed by atoms with Crippen LogP contribution in [0.2, 0.25) is 0 Å². The average molecular weight is 294 g/mol. The van der Waals surface area contributed by atoms with Crippen molar-refractivity contribution in [1.29, 1.82) is 0 Å². The molecule has 0 aliphatic rings. The predicted molar refractivity (Wildman–Crippen MR) is 73.4 cm³/mol. The maximum atomic E-state index is 12.7. The SMILES string of the molecule is NC(=O)CC[C@H](NC(=O)/C=C/c1ccc(F)cc1)C(=O)O. The summed E-state index contributed by atoms with van der Waals surface area (Å²) >= 11 is 0. The molecule has 0 bridgehead atoms. The maximum absolute atomic E-state index is 12.7. The Morgan fingerprint density at radius 3 is 2.43 bits per heavy atom. The van der Waals surface area contributed by atoms with Crippen molar-refractivity contribution >= 4 is 23.9 Å². The van der Waals surface area contributed by atoms with Gasteiger partial charge in [0.25, 0.3) is 0 Å². The first-order valence-corrected chi connectivity index (χ1v) is 6.13. The molecule has 1 atom stereocenters. The van der Waals surface area contributed by atoms with Gasteiger partial charge in [0.1, 0.15) is 11.9 Å². The third kappa shape index (κ3) is 6.33. The molecule has 0 aromatic heterocycles. The third-order valence-corrected chi connectivity index (χ3v) is 2.59. The molecule has 1 rings (SSSR count). The van der Waals surface area contributed by atoms with Crippen LogP contribution < -0.4 is 11.1 Å². The molecule has 0 unspecified atom stereocenters. The van der Waals surface area contributed by atoms with E-state index in [2.05, 4.69) is 5.32 Å². The highest BCUT2D eigenvalue weighted by molar-refractivity contribution is 5.94. The molecule has 6 nitrogen and oxygen atoms in total. The fourth-order valence-corrected chi connectivity index (χ4v) is 1.51. The number of carboxylic acids is 1. The van der Waals surface area contributed by atoms with E-state index >= 15 is 0 Å². The van der Waals surface area contributed by atoms with Crippen molar-refractivity contribution in [2.24, 2.45) is 5.73 Å². The predicted octanol–water partition coefficient (Wildman–Crippen LogP) is 0.674. The summed E-state index contributed by atoms with van der Waals surface area (Å²) in [6.07, 6.45) is 2.33. The van der Waals surface area contributed by atoms with E-state index in [-0.39, 0.29) is 12.8 Å². The van der Waals surface area contributed by atoms with Gasteiger partial charge in [0.2, 0.25) is 11.8 Å². The Balaban J connectivity index is 2.59. The Morgan fingerprint density at radius 2 is 1.90 bits per heavy atom. The number of nitrogens with one attached hydrogen (secondary N) is 1. The number of halogens is 1. The van der Waals surface area contributed by atoms with Gasteiger partial charge < -0.3 is 16.2 Å². The number of primary amides is 1. The molecule has 21 heavy (non-hydrogen) atoms. The van der Waals surface area contributed by atoms with E-state index in [1.807, 2.05) is 0 Å². The molecule has 7 heteroatoms. The van der Waals surface area contributed by atoms with Crippen LogP contribution in [0.3, 0.4) is 0 Å². The first kappa shape index (κ1) is 16.4. The Bertz CT molecular complexity index is 555. The van der Waals surface area contributed by atoms with Crippen LogP contribution in [0.4, 0.5) is 4.39 Å². The van der Waals surface area contributed by atoms with Gasteiger partial charge in [0, 0.05) is 12.5 Å². The van der Waals surface area contributed by atoms with Gasteiger partial charge in [-0.3, -0.25) is 9.59 Å². The lowest BCUT2D eigenvalue weighted by atomic mass is 10.1. The van der Waals surface area contributed by atoms with Crippen LogP contribution in [0, 0.1) is 5.82 Å². The number of hydrogen-bond donors (Lipinski definition) is 3. The monoisotopic (exact) mass is 294 g/mol. The summed E-state index contributed by atoms with van der Waals surface area (Å²) in [7, 11) is 0. The number of benzene rings is 1. The van der Waals surface area contributed by atoms with E-state index in [4.69, 9.17) is 10.8 Å². The van der Waals surface area contributed by atoms with Gasteiger partial charge >= 0.3 is 5.97 Å². The molecule has 112 valence electrons. The van der Waals surface area contributed by atoms with Crippen molar-refractivity contribution in [3.05, 3.63) is 41.7 Å². The fraction of sp³-hybridized carbons (Fsp3) is 0.214. The lowest BCUT2D eigenvalue weighted by Crippen LogP contribution is -2.40. The third-order valence-electron chi connectivity index (χ3n) is 2.59. The highest BCUT2D eigenvalue weighted by Gasteiger charge is 2.19. The molecule has 0 heterocycles. The number of nitrogens with two attached hydrogens (primary N) is 1. The zero-order chi connectivity index (χ0) is 15.8. The summed E-state index contributed by atoms with van der Waals surface area (Å²) in [5.41, 5.74) is 5.52. The fourth-order valence-electron chi connectivity index (χ4n) is 1.51. The van der Waals surface area contributed by atoms with E-state index in [0.717, 1.165) is 6.08 Å². The summed E-state index contributed by atoms with van der Waals surface area (Å²) in [4.78, 5) is 33.1. The zero-order valence-corrected chi connectivity index (χ0v) is 11.1. The molecule has 0 aliphatic heterocycles. The van der Waals surface area contributed by atoms with Gasteiger partial charge in [0.05, 0.1) is 0 Å². The largest absolute Gasteiger partial charge is 0.480 e. The lowest BCUT2D eigenvalue weighted by molar-refractivity contribution is -0.141. The summed E-state index contributed by atoms with van der Waals surface area (Å²) in [6.45, 7) is 0. The van der Waals surface area contributed by atoms with Gasteiger partial charge in [-0.1, -0.05) is 12.1 Å². The van der Waals surface area contributed by atoms with Crippen molar-refractivity contribution < 1.29 is 23.9 Å². The summed E-state index contributed by atoms with van der Waals surface area (Å²) in [6, 6.07) is 4.24. The molecule has 0 saturated heterocycles. The Kier molecular flexibility index (Phi) is 6.06. The van der Waals surface area contributed by atoms with Crippen molar-refractivity contribution in [2.75, 3.05) is 0 Å².